The second kappa shape index (κ2) is 6.96. The van der Waals surface area contributed by atoms with Crippen LogP contribution in [-0.4, -0.2) is 29.8 Å². The summed E-state index contributed by atoms with van der Waals surface area (Å²) in [4.78, 5) is 15.6. The minimum atomic E-state index is 0.182. The Hall–Kier alpha value is -0.630. The van der Waals surface area contributed by atoms with Gasteiger partial charge in [0.2, 0.25) is 0 Å². The molecule has 0 aromatic rings. The number of hydrogen-bond acceptors (Lipinski definition) is 2. The van der Waals surface area contributed by atoms with Crippen LogP contribution in [0, 0.1) is 34.5 Å². The van der Waals surface area contributed by atoms with Crippen molar-refractivity contribution < 1.29 is 4.79 Å². The van der Waals surface area contributed by atoms with E-state index in [0.29, 0.717) is 17.1 Å². The lowest BCUT2D eigenvalue weighted by Gasteiger charge is -2.61. The number of allylic oxidation sites excluding steroid dienone is 2. The smallest absolute Gasteiger partial charge is 0.159 e. The summed E-state index contributed by atoms with van der Waals surface area (Å²) >= 11 is 0. The number of fused-ring (bicyclic) bond motifs is 5. The molecule has 1 heterocycles. The first-order valence-corrected chi connectivity index (χ1v) is 12.4. The Morgan fingerprint density at radius 2 is 1.75 bits per heavy atom. The molecule has 4 aliphatic carbocycles. The highest BCUT2D eigenvalue weighted by molar-refractivity contribution is 5.99. The molecule has 0 spiro atoms. The molecule has 156 valence electrons. The largest absolute Gasteiger partial charge is 0.300 e. The first-order valence-electron chi connectivity index (χ1n) is 12.4. The lowest BCUT2D eigenvalue weighted by molar-refractivity contribution is -0.118. The predicted octanol–water partition coefficient (Wildman–Crippen LogP) is 6.01. The van der Waals surface area contributed by atoms with Gasteiger partial charge in [0.15, 0.2) is 5.78 Å². The van der Waals surface area contributed by atoms with Crippen molar-refractivity contribution in [2.24, 2.45) is 34.5 Å². The Kier molecular flexibility index (Phi) is 4.81. The number of likely N-dealkylation sites (tertiary alicyclic amines) is 1. The molecule has 0 amide bonds. The maximum absolute atomic E-state index is 12.8. The predicted molar refractivity (Wildman–Crippen MR) is 115 cm³/mol. The summed E-state index contributed by atoms with van der Waals surface area (Å²) in [5, 5.41) is 0. The maximum atomic E-state index is 12.8. The molecule has 0 aromatic carbocycles. The summed E-state index contributed by atoms with van der Waals surface area (Å²) < 4.78 is 0. The van der Waals surface area contributed by atoms with Gasteiger partial charge in [-0.05, 0) is 118 Å². The van der Waals surface area contributed by atoms with Crippen LogP contribution in [0.4, 0.5) is 0 Å². The summed E-state index contributed by atoms with van der Waals surface area (Å²) in [6.45, 7) is 9.89. The summed E-state index contributed by atoms with van der Waals surface area (Å²) in [6.07, 6.45) is 17.0. The van der Waals surface area contributed by atoms with Crippen molar-refractivity contribution >= 4 is 5.78 Å². The normalized spacial score (nSPS) is 50.9. The third-order valence-electron chi connectivity index (χ3n) is 10.5. The van der Waals surface area contributed by atoms with Gasteiger partial charge in [-0.1, -0.05) is 26.3 Å². The number of rotatable bonds is 1. The Bertz CT molecular complexity index is 661. The number of nitrogens with zero attached hydrogens (tertiary/aromatic N) is 1. The van der Waals surface area contributed by atoms with Crippen LogP contribution in [-0.2, 0) is 4.79 Å². The fourth-order valence-corrected chi connectivity index (χ4v) is 9.00. The number of piperidine rings is 1. The van der Waals surface area contributed by atoms with E-state index in [-0.39, 0.29) is 5.41 Å². The van der Waals surface area contributed by atoms with Crippen molar-refractivity contribution in [2.75, 3.05) is 13.1 Å². The van der Waals surface area contributed by atoms with Gasteiger partial charge in [-0.2, -0.15) is 0 Å². The van der Waals surface area contributed by atoms with Crippen LogP contribution in [0.3, 0.4) is 0 Å². The Morgan fingerprint density at radius 1 is 0.964 bits per heavy atom. The van der Waals surface area contributed by atoms with E-state index in [0.717, 1.165) is 30.2 Å². The van der Waals surface area contributed by atoms with E-state index < -0.39 is 0 Å². The number of ketones is 1. The van der Waals surface area contributed by atoms with Crippen LogP contribution >= 0.6 is 0 Å². The quantitative estimate of drug-likeness (QED) is 0.517. The summed E-state index contributed by atoms with van der Waals surface area (Å²) in [5.74, 6) is 3.69. The molecule has 28 heavy (non-hydrogen) atoms. The van der Waals surface area contributed by atoms with Gasteiger partial charge in [0, 0.05) is 12.5 Å². The third-order valence-corrected chi connectivity index (χ3v) is 10.5. The lowest BCUT2D eigenvalue weighted by Crippen LogP contribution is -2.55. The Balaban J connectivity index is 1.35. The van der Waals surface area contributed by atoms with Crippen molar-refractivity contribution in [3.8, 4) is 0 Å². The standard InChI is InChI=1S/C26H41NO/c1-4-21-24(28)17-23-20-9-8-18-16-19(27-14-6-5-7-15-27)10-12-25(18,2)22(20)11-13-26(21,23)3/h4,18-20,22-23H,5-17H2,1-3H3/b21-4-/t18?,19-,20+,22-,23-,25-,26+/m0/s1. The Morgan fingerprint density at radius 3 is 2.50 bits per heavy atom. The van der Waals surface area contributed by atoms with Crippen LogP contribution in [0.15, 0.2) is 11.6 Å². The van der Waals surface area contributed by atoms with Crippen LogP contribution in [0.5, 0.6) is 0 Å². The van der Waals surface area contributed by atoms with Gasteiger partial charge >= 0.3 is 0 Å². The zero-order valence-electron chi connectivity index (χ0n) is 18.5. The topological polar surface area (TPSA) is 20.3 Å². The molecular weight excluding hydrogens is 342 g/mol. The van der Waals surface area contributed by atoms with E-state index in [1.807, 2.05) is 0 Å². The van der Waals surface area contributed by atoms with Gasteiger partial charge in [0.25, 0.3) is 0 Å². The van der Waals surface area contributed by atoms with Gasteiger partial charge in [-0.25, -0.2) is 0 Å². The molecule has 0 bridgehead atoms. The van der Waals surface area contributed by atoms with Crippen molar-refractivity contribution in [2.45, 2.75) is 97.4 Å². The van der Waals surface area contributed by atoms with E-state index in [4.69, 9.17) is 0 Å². The van der Waals surface area contributed by atoms with E-state index >= 15 is 0 Å². The van der Waals surface area contributed by atoms with Gasteiger partial charge in [-0.3, -0.25) is 4.79 Å². The first-order chi connectivity index (χ1) is 13.5. The second-order valence-corrected chi connectivity index (χ2v) is 11.5. The number of carbonyl (C=O) groups is 1. The van der Waals surface area contributed by atoms with Crippen molar-refractivity contribution in [3.05, 3.63) is 11.6 Å². The van der Waals surface area contributed by atoms with Gasteiger partial charge in [0.05, 0.1) is 0 Å². The number of Topliss-reactive ketones (excluding diaryl/α,β-unsaturated/α-hetero) is 1. The van der Waals surface area contributed by atoms with E-state index in [1.165, 1.54) is 82.9 Å². The molecule has 2 nitrogen and oxygen atoms in total. The zero-order chi connectivity index (χ0) is 19.5. The molecule has 5 fully saturated rings. The van der Waals surface area contributed by atoms with Crippen molar-refractivity contribution in [1.29, 1.82) is 0 Å². The molecule has 7 atom stereocenters. The minimum absolute atomic E-state index is 0.182. The van der Waals surface area contributed by atoms with E-state index in [1.54, 1.807) is 0 Å². The highest BCUT2D eigenvalue weighted by Gasteiger charge is 2.60. The van der Waals surface area contributed by atoms with E-state index in [2.05, 4.69) is 31.7 Å². The highest BCUT2D eigenvalue weighted by atomic mass is 16.1. The summed E-state index contributed by atoms with van der Waals surface area (Å²) in [7, 11) is 0. The Labute approximate surface area is 172 Å². The molecular formula is C26H41NO. The molecule has 5 aliphatic rings. The van der Waals surface area contributed by atoms with Crippen LogP contribution in [0.1, 0.15) is 91.4 Å². The molecule has 1 unspecified atom stereocenters. The molecule has 0 radical (unpaired) electrons. The molecule has 1 saturated heterocycles. The van der Waals surface area contributed by atoms with E-state index in [9.17, 15) is 4.79 Å². The molecule has 5 rings (SSSR count). The van der Waals surface area contributed by atoms with Crippen LogP contribution < -0.4 is 0 Å². The van der Waals surface area contributed by atoms with Gasteiger partial charge in [-0.15, -0.1) is 0 Å². The second-order valence-electron chi connectivity index (χ2n) is 11.5. The monoisotopic (exact) mass is 383 g/mol. The van der Waals surface area contributed by atoms with Gasteiger partial charge < -0.3 is 4.90 Å². The summed E-state index contributed by atoms with van der Waals surface area (Å²) in [6, 6.07) is 0.867. The summed E-state index contributed by atoms with van der Waals surface area (Å²) in [5.41, 5.74) is 1.90. The fourth-order valence-electron chi connectivity index (χ4n) is 9.00. The zero-order valence-corrected chi connectivity index (χ0v) is 18.5. The molecule has 0 N–H and O–H groups in total. The molecule has 1 aliphatic heterocycles. The molecule has 4 saturated carbocycles. The SMILES string of the molecule is C/C=C1/C(=O)C[C@H]2[C@@H]3CCC4C[C@@H](N5CCCCC5)CC[C@]4(C)[C@H]3CC[C@]12C. The maximum Gasteiger partial charge on any atom is 0.159 e. The lowest BCUT2D eigenvalue weighted by atomic mass is 9.45. The average Bonchev–Trinajstić information content (AvgIpc) is 2.97. The third kappa shape index (κ3) is 2.72. The minimum Gasteiger partial charge on any atom is -0.300 e. The van der Waals surface area contributed by atoms with Crippen molar-refractivity contribution in [1.82, 2.24) is 4.90 Å². The van der Waals surface area contributed by atoms with Crippen LogP contribution in [0.2, 0.25) is 0 Å². The number of carbonyl (C=O) groups excluding carboxylic acids is 1. The molecule has 0 aromatic heterocycles. The van der Waals surface area contributed by atoms with Gasteiger partial charge in [0.1, 0.15) is 0 Å². The first kappa shape index (κ1) is 19.3. The fraction of sp³-hybridized carbons (Fsp3) is 0.885. The van der Waals surface area contributed by atoms with Crippen LogP contribution in [0.25, 0.3) is 0 Å². The molecule has 2 heteroatoms. The van der Waals surface area contributed by atoms with Crippen molar-refractivity contribution in [3.63, 3.8) is 0 Å². The number of hydrogen-bond donors (Lipinski definition) is 0. The highest BCUT2D eigenvalue weighted by Crippen LogP contribution is 2.66. The average molecular weight is 384 g/mol.